The van der Waals surface area contributed by atoms with Crippen LogP contribution in [0.15, 0.2) is 114 Å². The average Bonchev–Trinajstić information content (AvgIpc) is 3.53. The topological polar surface area (TPSA) is 31.0 Å². The molecule has 0 fully saturated rings. The molecule has 7 aromatic rings. The van der Waals surface area contributed by atoms with Crippen molar-refractivity contribution in [1.82, 2.24) is 9.55 Å². The molecule has 0 amide bonds. The van der Waals surface area contributed by atoms with Crippen LogP contribution in [0.4, 0.5) is 0 Å². The van der Waals surface area contributed by atoms with Crippen LogP contribution in [0.5, 0.6) is 0 Å². The van der Waals surface area contributed by atoms with Crippen molar-refractivity contribution in [3.05, 3.63) is 120 Å². The Hall–Kier alpha value is -4.63. The molecule has 7 rings (SSSR count). The van der Waals surface area contributed by atoms with Gasteiger partial charge in [-0.3, -0.25) is 0 Å². The van der Waals surface area contributed by atoms with Crippen LogP contribution in [-0.2, 0) is 6.42 Å². The summed E-state index contributed by atoms with van der Waals surface area (Å²) in [5, 5.41) is 2.51. The van der Waals surface area contributed by atoms with Crippen molar-refractivity contribution in [2.75, 3.05) is 0 Å². The number of benzene rings is 5. The summed E-state index contributed by atoms with van der Waals surface area (Å²) in [5.41, 5.74) is 11.2. The predicted octanol–water partition coefficient (Wildman–Crippen LogP) is 9.13. The molecule has 0 N–H and O–H groups in total. The van der Waals surface area contributed by atoms with Gasteiger partial charge in [-0.2, -0.15) is 0 Å². The molecule has 0 aliphatic rings. The molecule has 0 radical (unpaired) electrons. The third-order valence-electron chi connectivity index (χ3n) is 7.30. The Labute approximate surface area is 215 Å². The zero-order chi connectivity index (χ0) is 24.9. The van der Waals surface area contributed by atoms with Crippen LogP contribution >= 0.6 is 0 Å². The minimum absolute atomic E-state index is 0.666. The Kier molecular flexibility index (Phi) is 4.97. The molecule has 3 nitrogen and oxygen atoms in total. The lowest BCUT2D eigenvalue weighted by molar-refractivity contribution is 0.617. The largest absolute Gasteiger partial charge is 0.436 e. The minimum atomic E-state index is 0.666. The first kappa shape index (κ1) is 21.6. The van der Waals surface area contributed by atoms with Gasteiger partial charge in [0.15, 0.2) is 5.58 Å². The van der Waals surface area contributed by atoms with Crippen molar-refractivity contribution in [2.45, 2.75) is 20.3 Å². The van der Waals surface area contributed by atoms with Gasteiger partial charge in [-0.1, -0.05) is 67.6 Å². The summed E-state index contributed by atoms with van der Waals surface area (Å²) in [6.45, 7) is 4.25. The second-order valence-electron chi connectivity index (χ2n) is 9.63. The van der Waals surface area contributed by atoms with Gasteiger partial charge in [-0.15, -0.1) is 0 Å². The van der Waals surface area contributed by atoms with E-state index in [4.69, 9.17) is 9.40 Å². The van der Waals surface area contributed by atoms with Gasteiger partial charge >= 0.3 is 0 Å². The van der Waals surface area contributed by atoms with Gasteiger partial charge in [0.25, 0.3) is 0 Å². The highest BCUT2D eigenvalue weighted by atomic mass is 16.3. The number of rotatable bonds is 4. The van der Waals surface area contributed by atoms with E-state index >= 15 is 0 Å². The van der Waals surface area contributed by atoms with E-state index in [1.54, 1.807) is 0 Å². The van der Waals surface area contributed by atoms with Crippen molar-refractivity contribution < 1.29 is 4.42 Å². The van der Waals surface area contributed by atoms with Crippen molar-refractivity contribution in [3.63, 3.8) is 0 Å². The lowest BCUT2D eigenvalue weighted by atomic mass is 10.0. The normalized spacial score (nSPS) is 11.6. The maximum atomic E-state index is 6.17. The summed E-state index contributed by atoms with van der Waals surface area (Å²) in [7, 11) is 0. The monoisotopic (exact) mass is 478 g/mol. The second-order valence-corrected chi connectivity index (χ2v) is 9.63. The van der Waals surface area contributed by atoms with E-state index in [1.165, 1.54) is 44.2 Å². The van der Waals surface area contributed by atoms with E-state index in [-0.39, 0.29) is 0 Å². The van der Waals surface area contributed by atoms with E-state index < -0.39 is 0 Å². The van der Waals surface area contributed by atoms with Crippen molar-refractivity contribution in [3.8, 4) is 28.3 Å². The second kappa shape index (κ2) is 8.49. The third kappa shape index (κ3) is 3.54. The van der Waals surface area contributed by atoms with Gasteiger partial charge in [0.05, 0.1) is 11.0 Å². The smallest absolute Gasteiger partial charge is 0.227 e. The highest BCUT2D eigenvalue weighted by Gasteiger charge is 2.14. The number of hydrogen-bond donors (Lipinski definition) is 0. The summed E-state index contributed by atoms with van der Waals surface area (Å²) in [6, 6.07) is 38.8. The molecular formula is C34H26N2O. The lowest BCUT2D eigenvalue weighted by Crippen LogP contribution is -1.92. The molecular weight excluding hydrogens is 452 g/mol. The lowest BCUT2D eigenvalue weighted by Gasteiger charge is -2.08. The zero-order valence-corrected chi connectivity index (χ0v) is 20.9. The van der Waals surface area contributed by atoms with Gasteiger partial charge in [-0.05, 0) is 84.1 Å². The molecule has 3 heteroatoms. The fourth-order valence-electron chi connectivity index (χ4n) is 5.41. The molecule has 0 aliphatic heterocycles. The summed E-state index contributed by atoms with van der Waals surface area (Å²) in [4.78, 5) is 4.79. The zero-order valence-electron chi connectivity index (χ0n) is 20.9. The first-order valence-electron chi connectivity index (χ1n) is 12.8. The van der Waals surface area contributed by atoms with Crippen molar-refractivity contribution in [1.29, 1.82) is 0 Å². The SMILES string of the molecule is CCc1cc(C)c2oc(-c3ccc(-c4ccc5c(c4)c4ccccc4n5-c4ccccc4)cc3)nc2c1. The maximum Gasteiger partial charge on any atom is 0.227 e. The van der Waals surface area contributed by atoms with Gasteiger partial charge in [0.1, 0.15) is 5.52 Å². The molecule has 0 saturated carbocycles. The molecule has 178 valence electrons. The first-order valence-corrected chi connectivity index (χ1v) is 12.8. The molecule has 2 aromatic heterocycles. The van der Waals surface area contributed by atoms with Gasteiger partial charge in [0, 0.05) is 22.0 Å². The maximum absolute atomic E-state index is 6.17. The van der Waals surface area contributed by atoms with E-state index in [1.807, 2.05) is 0 Å². The molecule has 0 saturated heterocycles. The van der Waals surface area contributed by atoms with Crippen molar-refractivity contribution >= 4 is 32.9 Å². The van der Waals surface area contributed by atoms with Gasteiger partial charge < -0.3 is 8.98 Å². The quantitative estimate of drug-likeness (QED) is 0.252. The predicted molar refractivity (Wildman–Crippen MR) is 153 cm³/mol. The van der Waals surface area contributed by atoms with E-state index in [0.29, 0.717) is 5.89 Å². The highest BCUT2D eigenvalue weighted by molar-refractivity contribution is 6.10. The summed E-state index contributed by atoms with van der Waals surface area (Å²) in [5.74, 6) is 0.666. The fourth-order valence-corrected chi connectivity index (χ4v) is 5.41. The summed E-state index contributed by atoms with van der Waals surface area (Å²) >= 11 is 0. The minimum Gasteiger partial charge on any atom is -0.436 e. The van der Waals surface area contributed by atoms with Crippen LogP contribution < -0.4 is 0 Å². The fraction of sp³-hybridized carbons (Fsp3) is 0.0882. The van der Waals surface area contributed by atoms with Crippen LogP contribution in [0.25, 0.3) is 61.2 Å². The van der Waals surface area contributed by atoms with Crippen LogP contribution in [0.2, 0.25) is 0 Å². The van der Waals surface area contributed by atoms with Crippen LogP contribution in [-0.4, -0.2) is 9.55 Å². The summed E-state index contributed by atoms with van der Waals surface area (Å²) < 4.78 is 8.51. The van der Waals surface area contributed by atoms with Gasteiger partial charge in [-0.25, -0.2) is 4.98 Å². The first-order chi connectivity index (χ1) is 18.2. The highest BCUT2D eigenvalue weighted by Crippen LogP contribution is 2.35. The third-order valence-corrected chi connectivity index (χ3v) is 7.30. The molecule has 0 spiro atoms. The number of fused-ring (bicyclic) bond motifs is 4. The van der Waals surface area contributed by atoms with Crippen LogP contribution in [0.3, 0.4) is 0 Å². The molecule has 0 aliphatic carbocycles. The Bertz CT molecular complexity index is 1910. The number of para-hydroxylation sites is 2. The Morgan fingerprint density at radius 2 is 1.38 bits per heavy atom. The average molecular weight is 479 g/mol. The number of nitrogens with zero attached hydrogens (tertiary/aromatic N) is 2. The molecule has 0 bridgehead atoms. The van der Waals surface area contributed by atoms with Gasteiger partial charge in [0.2, 0.25) is 5.89 Å². The van der Waals surface area contributed by atoms with Crippen molar-refractivity contribution in [2.24, 2.45) is 0 Å². The molecule has 0 atom stereocenters. The Balaban J connectivity index is 1.30. The Morgan fingerprint density at radius 1 is 0.676 bits per heavy atom. The summed E-state index contributed by atoms with van der Waals surface area (Å²) in [6.07, 6.45) is 0.988. The number of aryl methyl sites for hydroxylation is 2. The molecule has 2 heterocycles. The number of oxazole rings is 1. The molecule has 37 heavy (non-hydrogen) atoms. The van der Waals surface area contributed by atoms with E-state index in [9.17, 15) is 0 Å². The van der Waals surface area contributed by atoms with E-state index in [0.717, 1.165) is 28.6 Å². The number of hydrogen-bond acceptors (Lipinski definition) is 2. The molecule has 5 aromatic carbocycles. The number of aromatic nitrogens is 2. The van der Waals surface area contributed by atoms with Crippen LogP contribution in [0.1, 0.15) is 18.1 Å². The standard InChI is InChI=1S/C34H26N2O/c1-3-23-19-22(2)33-30(20-23)35-34(37-33)25-15-13-24(14-16-25)26-17-18-32-29(21-26)28-11-7-8-12-31(28)36(32)27-9-5-4-6-10-27/h4-21H,3H2,1-2H3. The van der Waals surface area contributed by atoms with Crippen LogP contribution in [0, 0.1) is 6.92 Å². The Morgan fingerprint density at radius 3 is 2.19 bits per heavy atom. The molecule has 0 unspecified atom stereocenters. The van der Waals surface area contributed by atoms with E-state index in [2.05, 4.69) is 128 Å².